The van der Waals surface area contributed by atoms with Gasteiger partial charge in [-0.25, -0.2) is 41.5 Å². The first-order valence-corrected chi connectivity index (χ1v) is 17.1. The van der Waals surface area contributed by atoms with E-state index in [-0.39, 0.29) is 34.2 Å². The first-order valence-electron chi connectivity index (χ1n) is 14.8. The lowest BCUT2D eigenvalue weighted by Gasteiger charge is -2.37. The van der Waals surface area contributed by atoms with Crippen LogP contribution < -0.4 is 14.9 Å². The molecule has 7 rings (SSSR count). The summed E-state index contributed by atoms with van der Waals surface area (Å²) in [6.07, 6.45) is 3.35. The number of nitrogens with zero attached hydrogens (tertiary/aromatic N) is 6. The summed E-state index contributed by atoms with van der Waals surface area (Å²) in [7, 11) is -4.42. The van der Waals surface area contributed by atoms with Gasteiger partial charge in [0.1, 0.15) is 52.6 Å². The van der Waals surface area contributed by atoms with Crippen molar-refractivity contribution in [2.75, 3.05) is 34.7 Å². The fourth-order valence-electron chi connectivity index (χ4n) is 5.67. The fourth-order valence-corrected chi connectivity index (χ4v) is 7.49. The summed E-state index contributed by atoms with van der Waals surface area (Å²) in [6, 6.07) is 14.8. The molecule has 1 aliphatic rings. The molecule has 6 aromatic rings. The van der Waals surface area contributed by atoms with Gasteiger partial charge in [-0.2, -0.15) is 0 Å². The quantitative estimate of drug-likeness (QED) is 0.155. The first-order chi connectivity index (χ1) is 23.5. The van der Waals surface area contributed by atoms with Crippen LogP contribution in [0, 0.1) is 11.6 Å². The minimum Gasteiger partial charge on any atom is -0.387 e. The van der Waals surface area contributed by atoms with Gasteiger partial charge in [-0.1, -0.05) is 35.3 Å². The third-order valence-corrected chi connectivity index (χ3v) is 10.7. The highest BCUT2D eigenvalue weighted by Crippen LogP contribution is 2.35. The zero-order valence-corrected chi connectivity index (χ0v) is 27.5. The Hall–Kier alpha value is -4.70. The van der Waals surface area contributed by atoms with Gasteiger partial charge in [0.05, 0.1) is 38.1 Å². The van der Waals surface area contributed by atoms with Crippen molar-refractivity contribution in [1.82, 2.24) is 24.5 Å². The number of rotatable bonds is 8. The van der Waals surface area contributed by atoms with Gasteiger partial charge in [-0.15, -0.1) is 0 Å². The molecule has 17 heteroatoms. The van der Waals surface area contributed by atoms with E-state index in [9.17, 15) is 17.9 Å². The van der Waals surface area contributed by atoms with Gasteiger partial charge in [0.2, 0.25) is 0 Å². The summed E-state index contributed by atoms with van der Waals surface area (Å²) in [6.45, 7) is 0.116. The normalized spacial score (nSPS) is 14.8. The number of anilines is 4. The van der Waals surface area contributed by atoms with Crippen LogP contribution in [0.5, 0.6) is 0 Å². The van der Waals surface area contributed by atoms with E-state index >= 15 is 8.78 Å². The summed E-state index contributed by atoms with van der Waals surface area (Å²) >= 11 is 12.0. The van der Waals surface area contributed by atoms with Crippen molar-refractivity contribution in [3.8, 4) is 5.82 Å². The van der Waals surface area contributed by atoms with Gasteiger partial charge < -0.3 is 15.3 Å². The molecule has 0 amide bonds. The molecule has 0 radical (unpaired) electrons. The summed E-state index contributed by atoms with van der Waals surface area (Å²) in [4.78, 5) is 19.4. The maximum Gasteiger partial charge on any atom is 0.263 e. The maximum atomic E-state index is 15.8. The van der Waals surface area contributed by atoms with E-state index in [0.29, 0.717) is 35.5 Å². The summed E-state index contributed by atoms with van der Waals surface area (Å²) in [5.74, 6) is -1.93. The Labute approximate surface area is 287 Å². The molecular weight excluding hydrogens is 704 g/mol. The molecule has 49 heavy (non-hydrogen) atoms. The lowest BCUT2D eigenvalue weighted by Crippen LogP contribution is -2.45. The number of halogens is 5. The lowest BCUT2D eigenvalue weighted by molar-refractivity contribution is -0.00600. The second-order valence-electron chi connectivity index (χ2n) is 11.4. The van der Waals surface area contributed by atoms with Crippen LogP contribution >= 0.6 is 23.2 Å². The second-order valence-corrected chi connectivity index (χ2v) is 13.9. The molecule has 1 aliphatic heterocycles. The molecule has 1 saturated heterocycles. The van der Waals surface area contributed by atoms with Gasteiger partial charge in [0.15, 0.2) is 11.6 Å². The Morgan fingerprint density at radius 1 is 0.939 bits per heavy atom. The van der Waals surface area contributed by atoms with Crippen LogP contribution in [-0.2, 0) is 10.0 Å². The highest BCUT2D eigenvalue weighted by Gasteiger charge is 2.33. The molecule has 0 spiro atoms. The zero-order chi connectivity index (χ0) is 34.5. The SMILES string of the molecule is O=S(=O)(Nc1ccc(F)c(Nc2ncnc3ccc(-n4cnc5c(N6CCC(O)(CF)CC6)cccc54)nc23)c1F)c1cccc(Cl)c1Cl. The van der Waals surface area contributed by atoms with Crippen molar-refractivity contribution >= 4 is 78.2 Å². The Balaban J connectivity index is 1.22. The van der Waals surface area contributed by atoms with E-state index < -0.39 is 50.2 Å². The number of piperidine rings is 1. The number of aliphatic hydroxyl groups is 1. The van der Waals surface area contributed by atoms with E-state index in [1.165, 1.54) is 24.5 Å². The summed E-state index contributed by atoms with van der Waals surface area (Å²) in [5, 5.41) is 12.7. The van der Waals surface area contributed by atoms with Gasteiger partial charge in [-0.3, -0.25) is 9.29 Å². The minimum absolute atomic E-state index is 0.0199. The van der Waals surface area contributed by atoms with E-state index in [1.54, 1.807) is 23.0 Å². The number of hydrogen-bond donors (Lipinski definition) is 3. The number of pyridine rings is 1. The number of alkyl halides is 1. The molecule has 0 bridgehead atoms. The van der Waals surface area contributed by atoms with Crippen molar-refractivity contribution in [2.45, 2.75) is 23.3 Å². The van der Waals surface area contributed by atoms with Gasteiger partial charge in [0, 0.05) is 13.1 Å². The largest absolute Gasteiger partial charge is 0.387 e. The number of hydrogen-bond acceptors (Lipinski definition) is 9. The lowest BCUT2D eigenvalue weighted by atomic mass is 9.92. The number of aromatic nitrogens is 5. The number of nitrogens with one attached hydrogen (secondary N) is 2. The van der Waals surface area contributed by atoms with Crippen molar-refractivity contribution in [3.63, 3.8) is 0 Å². The molecule has 3 N–H and O–H groups in total. The fraction of sp³-hybridized carbons (Fsp3) is 0.188. The summed E-state index contributed by atoms with van der Waals surface area (Å²) < 4.78 is 74.1. The molecule has 0 atom stereocenters. The van der Waals surface area contributed by atoms with Crippen LogP contribution in [0.3, 0.4) is 0 Å². The monoisotopic (exact) mass is 728 g/mol. The zero-order valence-electron chi connectivity index (χ0n) is 25.2. The van der Waals surface area contributed by atoms with Gasteiger partial charge >= 0.3 is 0 Å². The molecule has 0 saturated carbocycles. The van der Waals surface area contributed by atoms with Crippen molar-refractivity contribution in [2.24, 2.45) is 0 Å². The van der Waals surface area contributed by atoms with Crippen LogP contribution in [0.2, 0.25) is 10.0 Å². The van der Waals surface area contributed by atoms with E-state index in [4.69, 9.17) is 28.2 Å². The molecule has 1 fully saturated rings. The van der Waals surface area contributed by atoms with Crippen molar-refractivity contribution in [3.05, 3.63) is 95.0 Å². The molecule has 11 nitrogen and oxygen atoms in total. The maximum absolute atomic E-state index is 15.8. The number of benzene rings is 3. The van der Waals surface area contributed by atoms with Crippen LogP contribution in [0.1, 0.15) is 12.8 Å². The molecule has 3 aromatic carbocycles. The topological polar surface area (TPSA) is 138 Å². The van der Waals surface area contributed by atoms with Gasteiger partial charge in [-0.05, 0) is 61.4 Å². The highest BCUT2D eigenvalue weighted by atomic mass is 35.5. The highest BCUT2D eigenvalue weighted by molar-refractivity contribution is 7.92. The molecular formula is C32H25Cl2F3N8O3S. The predicted molar refractivity (Wildman–Crippen MR) is 181 cm³/mol. The number of fused-ring (bicyclic) bond motifs is 2. The predicted octanol–water partition coefficient (Wildman–Crippen LogP) is 6.79. The van der Waals surface area contributed by atoms with Gasteiger partial charge in [0.25, 0.3) is 10.0 Å². The van der Waals surface area contributed by atoms with E-state index in [0.717, 1.165) is 17.8 Å². The summed E-state index contributed by atoms with van der Waals surface area (Å²) in [5.41, 5.74) is 0.142. The Morgan fingerprint density at radius 2 is 1.71 bits per heavy atom. The van der Waals surface area contributed by atoms with Crippen LogP contribution in [0.4, 0.5) is 36.1 Å². The third-order valence-electron chi connectivity index (χ3n) is 8.34. The minimum atomic E-state index is -4.42. The van der Waals surface area contributed by atoms with E-state index in [1.807, 2.05) is 23.1 Å². The Kier molecular flexibility index (Phi) is 8.47. The Bertz CT molecular complexity index is 2350. The first kappa shape index (κ1) is 32.8. The number of sulfonamides is 1. The average molecular weight is 730 g/mol. The standard InChI is InChI=1S/C32H25Cl2F3N8O3S/c33-18-3-1-6-24(26(18)34)49(47,48)43-20-8-7-19(36)28(27(20)37)42-31-29-21(38-16-39-31)9-10-25(41-29)45-17-40-30-22(4-2-5-23(30)45)44-13-11-32(46,15-35)12-14-44/h1-10,16-17,43,46H,11-15H2,(H,38,39,42). The second kappa shape index (κ2) is 12.6. The molecule has 4 heterocycles. The van der Waals surface area contributed by atoms with Crippen LogP contribution in [0.15, 0.2) is 78.2 Å². The number of para-hydroxylation sites is 1. The Morgan fingerprint density at radius 3 is 2.49 bits per heavy atom. The van der Waals surface area contributed by atoms with Crippen molar-refractivity contribution < 1.29 is 26.7 Å². The third kappa shape index (κ3) is 6.07. The van der Waals surface area contributed by atoms with Crippen LogP contribution in [0.25, 0.3) is 27.9 Å². The number of imidazole rings is 1. The molecule has 0 unspecified atom stereocenters. The smallest absolute Gasteiger partial charge is 0.263 e. The molecule has 0 aliphatic carbocycles. The van der Waals surface area contributed by atoms with Crippen LogP contribution in [-0.4, -0.2) is 63.4 Å². The average Bonchev–Trinajstić information content (AvgIpc) is 3.54. The molecule has 252 valence electrons. The molecule has 3 aromatic heterocycles. The van der Waals surface area contributed by atoms with Crippen molar-refractivity contribution in [1.29, 1.82) is 0 Å². The van der Waals surface area contributed by atoms with E-state index in [2.05, 4.69) is 25.0 Å².